The number of nitrogens with zero attached hydrogens (tertiary/aromatic N) is 3. The molecule has 0 radical (unpaired) electrons. The Balaban J connectivity index is 1.82. The molecule has 1 fully saturated rings. The standard InChI is InChI=1S/C14H15N5O2S/c15-13(21)16-11(20)8-22-14-18-17-12(9-6-7-9)19(14)10-4-2-1-3-5-10/h1-5,9H,6-8H2,(H3,15,16,20,21). The van der Waals surface area contributed by atoms with Crippen molar-refractivity contribution in [2.24, 2.45) is 5.73 Å². The number of amides is 3. The second kappa shape index (κ2) is 6.18. The first kappa shape index (κ1) is 14.6. The first-order valence-corrected chi connectivity index (χ1v) is 7.86. The van der Waals surface area contributed by atoms with Gasteiger partial charge in [0, 0.05) is 11.6 Å². The summed E-state index contributed by atoms with van der Waals surface area (Å²) in [5.41, 5.74) is 5.89. The molecule has 1 aromatic carbocycles. The summed E-state index contributed by atoms with van der Waals surface area (Å²) in [5.74, 6) is 0.956. The number of imide groups is 1. The maximum atomic E-state index is 11.5. The van der Waals surface area contributed by atoms with Gasteiger partial charge in [0.15, 0.2) is 5.16 Å². The molecule has 1 aliphatic rings. The topological polar surface area (TPSA) is 103 Å². The van der Waals surface area contributed by atoms with Crippen LogP contribution in [0.4, 0.5) is 4.79 Å². The summed E-state index contributed by atoms with van der Waals surface area (Å²) in [7, 11) is 0. The molecule has 1 aromatic heterocycles. The van der Waals surface area contributed by atoms with Gasteiger partial charge in [-0.2, -0.15) is 0 Å². The van der Waals surface area contributed by atoms with Crippen LogP contribution in [0.1, 0.15) is 24.6 Å². The maximum absolute atomic E-state index is 11.5. The van der Waals surface area contributed by atoms with Gasteiger partial charge in [0.05, 0.1) is 5.75 Å². The molecular weight excluding hydrogens is 302 g/mol. The second-order valence-electron chi connectivity index (χ2n) is 4.99. The molecule has 3 N–H and O–H groups in total. The second-order valence-corrected chi connectivity index (χ2v) is 5.93. The number of rotatable bonds is 5. The number of hydrogen-bond acceptors (Lipinski definition) is 5. The molecule has 8 heteroatoms. The van der Waals surface area contributed by atoms with Gasteiger partial charge in [-0.1, -0.05) is 30.0 Å². The van der Waals surface area contributed by atoms with E-state index in [2.05, 4.69) is 10.2 Å². The number of urea groups is 1. The highest BCUT2D eigenvalue weighted by Crippen LogP contribution is 2.41. The Bertz CT molecular complexity index is 697. The van der Waals surface area contributed by atoms with Crippen molar-refractivity contribution in [3.05, 3.63) is 36.2 Å². The molecule has 114 valence electrons. The molecule has 1 heterocycles. The predicted octanol–water partition coefficient (Wildman–Crippen LogP) is 1.43. The van der Waals surface area contributed by atoms with Crippen LogP contribution in [-0.4, -0.2) is 32.5 Å². The number of nitrogens with two attached hydrogens (primary N) is 1. The van der Waals surface area contributed by atoms with E-state index in [0.29, 0.717) is 11.1 Å². The number of aromatic nitrogens is 3. The molecule has 0 unspecified atom stereocenters. The van der Waals surface area contributed by atoms with Gasteiger partial charge in [0.2, 0.25) is 5.91 Å². The summed E-state index contributed by atoms with van der Waals surface area (Å²) in [6.07, 6.45) is 2.22. The van der Waals surface area contributed by atoms with Crippen LogP contribution in [0.5, 0.6) is 0 Å². The van der Waals surface area contributed by atoms with Crippen LogP contribution >= 0.6 is 11.8 Å². The van der Waals surface area contributed by atoms with E-state index in [-0.39, 0.29) is 5.75 Å². The Kier molecular flexibility index (Phi) is 4.10. The lowest BCUT2D eigenvalue weighted by atomic mass is 10.3. The number of hydrogen-bond donors (Lipinski definition) is 2. The molecule has 0 atom stereocenters. The summed E-state index contributed by atoms with van der Waals surface area (Å²) < 4.78 is 1.97. The zero-order valence-corrected chi connectivity index (χ0v) is 12.5. The van der Waals surface area contributed by atoms with Gasteiger partial charge in [-0.25, -0.2) is 4.79 Å². The Morgan fingerprint density at radius 1 is 1.27 bits per heavy atom. The first-order valence-electron chi connectivity index (χ1n) is 6.88. The number of primary amides is 1. The van der Waals surface area contributed by atoms with Crippen molar-refractivity contribution < 1.29 is 9.59 Å². The number of thioether (sulfide) groups is 1. The zero-order chi connectivity index (χ0) is 15.5. The summed E-state index contributed by atoms with van der Waals surface area (Å²) in [5, 5.41) is 11.1. The van der Waals surface area contributed by atoms with E-state index >= 15 is 0 Å². The van der Waals surface area contributed by atoms with Gasteiger partial charge in [-0.05, 0) is 25.0 Å². The van der Waals surface area contributed by atoms with E-state index in [1.54, 1.807) is 0 Å². The summed E-state index contributed by atoms with van der Waals surface area (Å²) >= 11 is 1.23. The monoisotopic (exact) mass is 317 g/mol. The average Bonchev–Trinajstić information content (AvgIpc) is 3.25. The van der Waals surface area contributed by atoms with Crippen molar-refractivity contribution in [2.45, 2.75) is 23.9 Å². The molecule has 2 aromatic rings. The van der Waals surface area contributed by atoms with E-state index in [0.717, 1.165) is 24.4 Å². The van der Waals surface area contributed by atoms with Gasteiger partial charge in [-0.15, -0.1) is 10.2 Å². The summed E-state index contributed by atoms with van der Waals surface area (Å²) in [4.78, 5) is 22.2. The lowest BCUT2D eigenvalue weighted by molar-refractivity contribution is -0.117. The lowest BCUT2D eigenvalue weighted by Crippen LogP contribution is -2.36. The van der Waals surface area contributed by atoms with Crippen molar-refractivity contribution in [2.75, 3.05) is 5.75 Å². The minimum atomic E-state index is -0.853. The van der Waals surface area contributed by atoms with Crippen LogP contribution in [0.2, 0.25) is 0 Å². The summed E-state index contributed by atoms with van der Waals surface area (Å²) in [6.45, 7) is 0. The molecule has 0 aliphatic heterocycles. The predicted molar refractivity (Wildman–Crippen MR) is 81.8 cm³/mol. The molecule has 0 spiro atoms. The molecule has 0 bridgehead atoms. The van der Waals surface area contributed by atoms with Crippen molar-refractivity contribution in [3.8, 4) is 5.69 Å². The van der Waals surface area contributed by atoms with Gasteiger partial charge >= 0.3 is 6.03 Å². The van der Waals surface area contributed by atoms with Crippen LogP contribution < -0.4 is 11.1 Å². The SMILES string of the molecule is NC(=O)NC(=O)CSc1nnc(C2CC2)n1-c1ccccc1. The van der Waals surface area contributed by atoms with Gasteiger partial charge in [0.25, 0.3) is 0 Å². The summed E-state index contributed by atoms with van der Waals surface area (Å²) in [6, 6.07) is 8.93. The lowest BCUT2D eigenvalue weighted by Gasteiger charge is -2.09. The van der Waals surface area contributed by atoms with E-state index in [1.807, 2.05) is 40.2 Å². The fraction of sp³-hybridized carbons (Fsp3) is 0.286. The van der Waals surface area contributed by atoms with Crippen LogP contribution in [0.15, 0.2) is 35.5 Å². The zero-order valence-electron chi connectivity index (χ0n) is 11.7. The molecule has 1 saturated carbocycles. The largest absolute Gasteiger partial charge is 0.351 e. The molecule has 7 nitrogen and oxygen atoms in total. The van der Waals surface area contributed by atoms with Gasteiger partial charge in [-0.3, -0.25) is 14.7 Å². The molecule has 0 saturated heterocycles. The number of nitrogens with one attached hydrogen (secondary N) is 1. The highest BCUT2D eigenvalue weighted by atomic mass is 32.2. The van der Waals surface area contributed by atoms with E-state index in [9.17, 15) is 9.59 Å². The van der Waals surface area contributed by atoms with Crippen LogP contribution in [0, 0.1) is 0 Å². The smallest absolute Gasteiger partial charge is 0.318 e. The molecule has 1 aliphatic carbocycles. The van der Waals surface area contributed by atoms with Crippen molar-refractivity contribution in [1.29, 1.82) is 0 Å². The average molecular weight is 317 g/mol. The van der Waals surface area contributed by atoms with Crippen molar-refractivity contribution in [3.63, 3.8) is 0 Å². The molecule has 22 heavy (non-hydrogen) atoms. The maximum Gasteiger partial charge on any atom is 0.318 e. The third-order valence-electron chi connectivity index (χ3n) is 3.21. The molecular formula is C14H15N5O2S. The first-order chi connectivity index (χ1) is 10.6. The molecule has 3 amide bonds. The minimum Gasteiger partial charge on any atom is -0.351 e. The third kappa shape index (κ3) is 3.28. The van der Waals surface area contributed by atoms with Crippen molar-refractivity contribution in [1.82, 2.24) is 20.1 Å². The quantitative estimate of drug-likeness (QED) is 0.812. The van der Waals surface area contributed by atoms with E-state index in [4.69, 9.17) is 5.73 Å². The third-order valence-corrected chi connectivity index (χ3v) is 4.14. The van der Waals surface area contributed by atoms with Crippen LogP contribution in [0.3, 0.4) is 0 Å². The fourth-order valence-electron chi connectivity index (χ4n) is 2.10. The van der Waals surface area contributed by atoms with Gasteiger partial charge < -0.3 is 5.73 Å². The number of benzene rings is 1. The number of carbonyl (C=O) groups is 2. The normalized spacial score (nSPS) is 13.8. The van der Waals surface area contributed by atoms with Crippen molar-refractivity contribution >= 4 is 23.7 Å². The Hall–Kier alpha value is -2.35. The van der Waals surface area contributed by atoms with E-state index in [1.165, 1.54) is 11.8 Å². The Labute approximate surface area is 131 Å². The minimum absolute atomic E-state index is 0.0541. The van der Waals surface area contributed by atoms with Gasteiger partial charge in [0.1, 0.15) is 5.82 Å². The number of para-hydroxylation sites is 1. The Morgan fingerprint density at radius 2 is 2.00 bits per heavy atom. The van der Waals surface area contributed by atoms with Crippen LogP contribution in [0.25, 0.3) is 5.69 Å². The fourth-order valence-corrected chi connectivity index (χ4v) is 2.86. The van der Waals surface area contributed by atoms with E-state index < -0.39 is 11.9 Å². The van der Waals surface area contributed by atoms with Crippen LogP contribution in [-0.2, 0) is 4.79 Å². The number of carbonyl (C=O) groups excluding carboxylic acids is 2. The Morgan fingerprint density at radius 3 is 2.64 bits per heavy atom. The highest BCUT2D eigenvalue weighted by molar-refractivity contribution is 7.99. The molecule has 3 rings (SSSR count). The highest BCUT2D eigenvalue weighted by Gasteiger charge is 2.31.